The topological polar surface area (TPSA) is 101 Å². The molecule has 6 nitrogen and oxygen atoms in total. The molecule has 0 aliphatic rings. The first-order chi connectivity index (χ1) is 8.15. The third-order valence-corrected chi connectivity index (χ3v) is 3.26. The van der Waals surface area contributed by atoms with Gasteiger partial charge >= 0.3 is 0 Å². The highest BCUT2D eigenvalue weighted by Gasteiger charge is 2.24. The molecule has 106 valence electrons. The fourth-order valence-electron chi connectivity index (χ4n) is 1.43. The summed E-state index contributed by atoms with van der Waals surface area (Å²) in [6, 6.07) is 0. The van der Waals surface area contributed by atoms with Gasteiger partial charge in [0, 0.05) is 13.1 Å². The number of carbonyl (C=O) groups excluding carboxylic acids is 1. The Labute approximate surface area is 114 Å². The van der Waals surface area contributed by atoms with Crippen LogP contribution < -0.4 is 15.8 Å². The molecule has 0 heterocycles. The van der Waals surface area contributed by atoms with Crippen LogP contribution in [0.2, 0.25) is 0 Å². The molecule has 0 aromatic heterocycles. The molecule has 0 saturated heterocycles. The highest BCUT2D eigenvalue weighted by atomic mass is 32.2. The standard InChI is InChI=1S/C10H21N3O3S2/c1-7(2)8(9(11)17)10(14)12-5-4-6-13-18(3,15)16/h7-8,13H,4-6H2,1-3H3,(H2,11,17)(H,12,14). The van der Waals surface area contributed by atoms with E-state index in [-0.39, 0.29) is 16.8 Å². The monoisotopic (exact) mass is 295 g/mol. The zero-order chi connectivity index (χ0) is 14.3. The lowest BCUT2D eigenvalue weighted by molar-refractivity contribution is -0.123. The van der Waals surface area contributed by atoms with Crippen LogP contribution in [0, 0.1) is 11.8 Å². The van der Waals surface area contributed by atoms with Crippen molar-refractivity contribution >= 4 is 33.1 Å². The maximum absolute atomic E-state index is 11.8. The minimum Gasteiger partial charge on any atom is -0.393 e. The Hall–Kier alpha value is -0.730. The lowest BCUT2D eigenvalue weighted by atomic mass is 9.95. The number of hydrogen-bond acceptors (Lipinski definition) is 4. The molecule has 8 heteroatoms. The molecule has 0 aromatic carbocycles. The number of rotatable bonds is 8. The Morgan fingerprint density at radius 2 is 1.89 bits per heavy atom. The number of sulfonamides is 1. The normalized spacial score (nSPS) is 13.3. The molecule has 18 heavy (non-hydrogen) atoms. The van der Waals surface area contributed by atoms with Gasteiger partial charge in [0.05, 0.1) is 17.2 Å². The van der Waals surface area contributed by atoms with Crippen molar-refractivity contribution < 1.29 is 13.2 Å². The molecule has 1 amide bonds. The summed E-state index contributed by atoms with van der Waals surface area (Å²) in [5, 5.41) is 2.69. The predicted molar refractivity (Wildman–Crippen MR) is 75.6 cm³/mol. The van der Waals surface area contributed by atoms with Gasteiger partial charge in [0.15, 0.2) is 0 Å². The minimum absolute atomic E-state index is 0.0386. The predicted octanol–water partition coefficient (Wildman–Crippen LogP) is -0.400. The van der Waals surface area contributed by atoms with E-state index in [0.717, 1.165) is 6.26 Å². The molecule has 0 aliphatic heterocycles. The quantitative estimate of drug-likeness (QED) is 0.418. The Morgan fingerprint density at radius 1 is 1.33 bits per heavy atom. The van der Waals surface area contributed by atoms with Crippen LogP contribution in [0.15, 0.2) is 0 Å². The summed E-state index contributed by atoms with van der Waals surface area (Å²) in [5.74, 6) is -0.656. The number of nitrogens with two attached hydrogens (primary N) is 1. The molecular weight excluding hydrogens is 274 g/mol. The molecule has 1 unspecified atom stereocenters. The number of nitrogens with one attached hydrogen (secondary N) is 2. The van der Waals surface area contributed by atoms with E-state index < -0.39 is 15.9 Å². The molecular formula is C10H21N3O3S2. The van der Waals surface area contributed by atoms with Crippen LogP contribution in [-0.2, 0) is 14.8 Å². The molecule has 0 spiro atoms. The Bertz CT molecular complexity index is 393. The third-order valence-electron chi connectivity index (χ3n) is 2.27. The van der Waals surface area contributed by atoms with Gasteiger partial charge in [-0.1, -0.05) is 26.1 Å². The van der Waals surface area contributed by atoms with Gasteiger partial charge in [-0.05, 0) is 12.3 Å². The third kappa shape index (κ3) is 7.57. The first-order valence-electron chi connectivity index (χ1n) is 5.67. The fourth-order valence-corrected chi connectivity index (χ4v) is 2.32. The van der Waals surface area contributed by atoms with Gasteiger partial charge in [-0.25, -0.2) is 13.1 Å². The molecule has 0 aromatic rings. The summed E-state index contributed by atoms with van der Waals surface area (Å²) >= 11 is 4.85. The number of carbonyl (C=O) groups is 1. The minimum atomic E-state index is -3.17. The van der Waals surface area contributed by atoms with Crippen LogP contribution in [0.3, 0.4) is 0 Å². The SMILES string of the molecule is CC(C)C(C(=O)NCCCNS(C)(=O)=O)C(N)=S. The van der Waals surface area contributed by atoms with E-state index in [0.29, 0.717) is 19.5 Å². The van der Waals surface area contributed by atoms with E-state index in [1.807, 2.05) is 13.8 Å². The summed E-state index contributed by atoms with van der Waals surface area (Å²) in [6.45, 7) is 4.41. The van der Waals surface area contributed by atoms with Gasteiger partial charge in [0.2, 0.25) is 15.9 Å². The van der Waals surface area contributed by atoms with Crippen LogP contribution in [0.5, 0.6) is 0 Å². The van der Waals surface area contributed by atoms with Crippen molar-refractivity contribution in [3.63, 3.8) is 0 Å². The first-order valence-corrected chi connectivity index (χ1v) is 7.96. The molecule has 0 saturated carbocycles. The zero-order valence-corrected chi connectivity index (χ0v) is 12.5. The van der Waals surface area contributed by atoms with Gasteiger partial charge in [-0.3, -0.25) is 4.79 Å². The van der Waals surface area contributed by atoms with E-state index in [1.165, 1.54) is 0 Å². The average molecular weight is 295 g/mol. The van der Waals surface area contributed by atoms with Crippen LogP contribution >= 0.6 is 12.2 Å². The Morgan fingerprint density at radius 3 is 2.28 bits per heavy atom. The molecule has 0 bridgehead atoms. The van der Waals surface area contributed by atoms with Gasteiger partial charge in [0.1, 0.15) is 0 Å². The summed E-state index contributed by atoms with van der Waals surface area (Å²) < 4.78 is 23.9. The highest BCUT2D eigenvalue weighted by molar-refractivity contribution is 7.88. The highest BCUT2D eigenvalue weighted by Crippen LogP contribution is 2.11. The number of thiocarbonyl (C=S) groups is 1. The first kappa shape index (κ1) is 17.3. The zero-order valence-electron chi connectivity index (χ0n) is 10.9. The van der Waals surface area contributed by atoms with Crippen molar-refractivity contribution in [2.24, 2.45) is 17.6 Å². The summed E-state index contributed by atoms with van der Waals surface area (Å²) in [5.41, 5.74) is 5.50. The van der Waals surface area contributed by atoms with Crippen molar-refractivity contribution in [1.82, 2.24) is 10.0 Å². The largest absolute Gasteiger partial charge is 0.393 e. The van der Waals surface area contributed by atoms with Crippen LogP contribution in [0.25, 0.3) is 0 Å². The fraction of sp³-hybridized carbons (Fsp3) is 0.800. The maximum Gasteiger partial charge on any atom is 0.230 e. The van der Waals surface area contributed by atoms with Crippen molar-refractivity contribution in [1.29, 1.82) is 0 Å². The van der Waals surface area contributed by atoms with E-state index >= 15 is 0 Å². The van der Waals surface area contributed by atoms with Crippen molar-refractivity contribution in [2.75, 3.05) is 19.3 Å². The summed E-state index contributed by atoms with van der Waals surface area (Å²) in [6.07, 6.45) is 1.61. The van der Waals surface area contributed by atoms with Crippen molar-refractivity contribution in [3.05, 3.63) is 0 Å². The van der Waals surface area contributed by atoms with Gasteiger partial charge in [-0.15, -0.1) is 0 Å². The van der Waals surface area contributed by atoms with E-state index in [9.17, 15) is 13.2 Å². The molecule has 4 N–H and O–H groups in total. The Balaban J connectivity index is 4.00. The van der Waals surface area contributed by atoms with Gasteiger partial charge in [-0.2, -0.15) is 0 Å². The second kappa shape index (κ2) is 7.65. The van der Waals surface area contributed by atoms with E-state index in [2.05, 4.69) is 10.0 Å². The lowest BCUT2D eigenvalue weighted by Gasteiger charge is -2.18. The van der Waals surface area contributed by atoms with E-state index in [4.69, 9.17) is 18.0 Å². The second-order valence-corrected chi connectivity index (χ2v) is 6.74. The molecule has 1 atom stereocenters. The van der Waals surface area contributed by atoms with E-state index in [1.54, 1.807) is 0 Å². The van der Waals surface area contributed by atoms with Crippen LogP contribution in [-0.4, -0.2) is 38.7 Å². The number of hydrogen-bond donors (Lipinski definition) is 3. The molecule has 0 aliphatic carbocycles. The molecule has 0 fully saturated rings. The Kier molecular flexibility index (Phi) is 7.34. The molecule has 0 radical (unpaired) electrons. The van der Waals surface area contributed by atoms with Crippen molar-refractivity contribution in [3.8, 4) is 0 Å². The average Bonchev–Trinajstić information content (AvgIpc) is 2.13. The number of amides is 1. The molecule has 0 rings (SSSR count). The lowest BCUT2D eigenvalue weighted by Crippen LogP contribution is -2.41. The maximum atomic E-state index is 11.8. The van der Waals surface area contributed by atoms with Crippen LogP contribution in [0.4, 0.5) is 0 Å². The summed E-state index contributed by atoms with van der Waals surface area (Å²) in [4.78, 5) is 11.9. The van der Waals surface area contributed by atoms with Gasteiger partial charge < -0.3 is 11.1 Å². The van der Waals surface area contributed by atoms with Crippen molar-refractivity contribution in [2.45, 2.75) is 20.3 Å². The van der Waals surface area contributed by atoms with Crippen LogP contribution in [0.1, 0.15) is 20.3 Å². The second-order valence-electron chi connectivity index (χ2n) is 4.44. The summed E-state index contributed by atoms with van der Waals surface area (Å²) in [7, 11) is -3.17. The smallest absolute Gasteiger partial charge is 0.230 e. The van der Waals surface area contributed by atoms with Gasteiger partial charge in [0.25, 0.3) is 0 Å².